The summed E-state index contributed by atoms with van der Waals surface area (Å²) in [6.07, 6.45) is 0. The van der Waals surface area contributed by atoms with E-state index in [2.05, 4.69) is 10.6 Å². The number of carbonyl (C=O) groups is 2. The number of para-hydroxylation sites is 1. The number of hydrogen-bond acceptors (Lipinski definition) is 3. The summed E-state index contributed by atoms with van der Waals surface area (Å²) in [4.78, 5) is 24.9. The number of nitrogens with one attached hydrogen (secondary N) is 2. The fraction of sp³-hybridized carbons (Fsp3) is 0.0909. The molecule has 0 spiro atoms. The molecule has 0 fully saturated rings. The number of benzene rings is 3. The first-order valence-corrected chi connectivity index (χ1v) is 8.60. The average molecular weight is 378 g/mol. The lowest BCUT2D eigenvalue weighted by Crippen LogP contribution is -2.16. The van der Waals surface area contributed by atoms with Crippen LogP contribution in [0.4, 0.5) is 15.8 Å². The molecular weight excluding hydrogens is 359 g/mol. The molecule has 6 heteroatoms. The van der Waals surface area contributed by atoms with Gasteiger partial charge >= 0.3 is 0 Å². The second-order valence-electron chi connectivity index (χ2n) is 6.15. The number of halogens is 1. The van der Waals surface area contributed by atoms with Gasteiger partial charge in [0, 0.05) is 23.0 Å². The third-order valence-electron chi connectivity index (χ3n) is 4.20. The molecule has 0 aliphatic rings. The van der Waals surface area contributed by atoms with Crippen molar-refractivity contribution in [2.24, 2.45) is 0 Å². The molecule has 0 atom stereocenters. The van der Waals surface area contributed by atoms with E-state index < -0.39 is 11.7 Å². The Morgan fingerprint density at radius 3 is 2.32 bits per heavy atom. The van der Waals surface area contributed by atoms with E-state index in [9.17, 15) is 14.0 Å². The van der Waals surface area contributed by atoms with E-state index in [0.717, 1.165) is 11.6 Å². The maximum absolute atomic E-state index is 14.1. The molecule has 0 saturated carbocycles. The molecule has 0 radical (unpaired) electrons. The molecule has 0 aliphatic heterocycles. The zero-order valence-electron chi connectivity index (χ0n) is 15.5. The number of amides is 2. The van der Waals surface area contributed by atoms with Crippen LogP contribution in [0.15, 0.2) is 66.7 Å². The van der Waals surface area contributed by atoms with Gasteiger partial charge in [0.2, 0.25) is 0 Å². The standard InChI is InChI=1S/C22H19FN2O3/c1-14-8-9-15(21(26)24-16-6-4-3-5-7-16)12-20(14)25-22(27)18-11-10-17(28-2)13-19(18)23/h3-13H,1-2H3,(H,24,26)(H,25,27). The number of ether oxygens (including phenoxy) is 1. The van der Waals surface area contributed by atoms with Gasteiger partial charge in [0.1, 0.15) is 11.6 Å². The fourth-order valence-corrected chi connectivity index (χ4v) is 2.62. The average Bonchev–Trinajstić information content (AvgIpc) is 2.70. The molecule has 5 nitrogen and oxygen atoms in total. The van der Waals surface area contributed by atoms with Gasteiger partial charge in [-0.15, -0.1) is 0 Å². The van der Waals surface area contributed by atoms with E-state index in [1.807, 2.05) is 18.2 Å². The second kappa shape index (κ2) is 8.35. The lowest BCUT2D eigenvalue weighted by Gasteiger charge is -2.12. The molecule has 0 aromatic heterocycles. The lowest BCUT2D eigenvalue weighted by molar-refractivity contribution is 0.101. The molecule has 2 amide bonds. The first-order chi connectivity index (χ1) is 13.5. The van der Waals surface area contributed by atoms with Gasteiger partial charge in [0.05, 0.1) is 12.7 Å². The van der Waals surface area contributed by atoms with Gasteiger partial charge in [-0.1, -0.05) is 24.3 Å². The number of anilines is 2. The Hall–Kier alpha value is -3.67. The highest BCUT2D eigenvalue weighted by molar-refractivity contribution is 6.07. The van der Waals surface area contributed by atoms with Crippen LogP contribution >= 0.6 is 0 Å². The van der Waals surface area contributed by atoms with E-state index in [4.69, 9.17) is 4.74 Å². The van der Waals surface area contributed by atoms with Crippen molar-refractivity contribution in [3.8, 4) is 5.75 Å². The van der Waals surface area contributed by atoms with E-state index in [1.165, 1.54) is 19.2 Å². The largest absolute Gasteiger partial charge is 0.497 e. The topological polar surface area (TPSA) is 67.4 Å². The van der Waals surface area contributed by atoms with Crippen LogP contribution in [0.25, 0.3) is 0 Å². The molecule has 0 bridgehead atoms. The van der Waals surface area contributed by atoms with Crippen LogP contribution < -0.4 is 15.4 Å². The van der Waals surface area contributed by atoms with E-state index >= 15 is 0 Å². The molecule has 0 saturated heterocycles. The normalized spacial score (nSPS) is 10.2. The van der Waals surface area contributed by atoms with Crippen LogP contribution in [0.2, 0.25) is 0 Å². The number of rotatable bonds is 5. The Kier molecular flexibility index (Phi) is 5.69. The molecule has 0 unspecified atom stereocenters. The van der Waals surface area contributed by atoms with Gasteiger partial charge < -0.3 is 15.4 Å². The predicted molar refractivity (Wildman–Crippen MR) is 106 cm³/mol. The Bertz CT molecular complexity index is 1020. The molecular formula is C22H19FN2O3. The maximum atomic E-state index is 14.1. The van der Waals surface area contributed by atoms with Crippen molar-refractivity contribution >= 4 is 23.2 Å². The van der Waals surface area contributed by atoms with Crippen LogP contribution in [0.3, 0.4) is 0 Å². The van der Waals surface area contributed by atoms with Crippen molar-refractivity contribution in [2.75, 3.05) is 17.7 Å². The SMILES string of the molecule is COc1ccc(C(=O)Nc2cc(C(=O)Nc3ccccc3)ccc2C)c(F)c1. The lowest BCUT2D eigenvalue weighted by atomic mass is 10.1. The van der Waals surface area contributed by atoms with Crippen molar-refractivity contribution in [2.45, 2.75) is 6.92 Å². The predicted octanol–water partition coefficient (Wildman–Crippen LogP) is 4.65. The summed E-state index contributed by atoms with van der Waals surface area (Å²) in [5.74, 6) is -1.28. The minimum Gasteiger partial charge on any atom is -0.497 e. The smallest absolute Gasteiger partial charge is 0.258 e. The Morgan fingerprint density at radius 1 is 0.893 bits per heavy atom. The summed E-state index contributed by atoms with van der Waals surface area (Å²) in [5, 5.41) is 5.45. The molecule has 2 N–H and O–H groups in total. The minimum atomic E-state index is -0.688. The zero-order chi connectivity index (χ0) is 20.1. The summed E-state index contributed by atoms with van der Waals surface area (Å²) in [6.45, 7) is 1.79. The fourth-order valence-electron chi connectivity index (χ4n) is 2.62. The molecule has 142 valence electrons. The summed E-state index contributed by atoms with van der Waals surface area (Å²) in [7, 11) is 1.42. The first-order valence-electron chi connectivity index (χ1n) is 8.60. The molecule has 0 heterocycles. The van der Waals surface area contributed by atoms with Crippen LogP contribution in [0, 0.1) is 12.7 Å². The highest BCUT2D eigenvalue weighted by Gasteiger charge is 2.15. The summed E-state index contributed by atoms with van der Waals surface area (Å²) >= 11 is 0. The van der Waals surface area contributed by atoms with Gasteiger partial charge in [-0.3, -0.25) is 9.59 Å². The molecule has 3 aromatic rings. The van der Waals surface area contributed by atoms with Gasteiger partial charge in [0.15, 0.2) is 0 Å². The van der Waals surface area contributed by atoms with Gasteiger partial charge in [-0.2, -0.15) is 0 Å². The number of carbonyl (C=O) groups excluding carboxylic acids is 2. The van der Waals surface area contributed by atoms with Crippen molar-refractivity contribution < 1.29 is 18.7 Å². The summed E-state index contributed by atoms with van der Waals surface area (Å²) < 4.78 is 19.1. The second-order valence-corrected chi connectivity index (χ2v) is 6.15. The monoisotopic (exact) mass is 378 g/mol. The Morgan fingerprint density at radius 2 is 1.64 bits per heavy atom. The van der Waals surface area contributed by atoms with E-state index in [1.54, 1.807) is 37.3 Å². The van der Waals surface area contributed by atoms with Crippen molar-refractivity contribution in [3.63, 3.8) is 0 Å². The quantitative estimate of drug-likeness (QED) is 0.679. The number of aryl methyl sites for hydroxylation is 1. The van der Waals surface area contributed by atoms with Gasteiger partial charge in [-0.25, -0.2) is 4.39 Å². The molecule has 28 heavy (non-hydrogen) atoms. The van der Waals surface area contributed by atoms with Crippen molar-refractivity contribution in [1.29, 1.82) is 0 Å². The Balaban J connectivity index is 1.80. The zero-order valence-corrected chi connectivity index (χ0v) is 15.5. The molecule has 3 aromatic carbocycles. The van der Waals surface area contributed by atoms with Crippen LogP contribution in [0.5, 0.6) is 5.75 Å². The third kappa shape index (κ3) is 4.35. The van der Waals surface area contributed by atoms with Crippen molar-refractivity contribution in [1.82, 2.24) is 0 Å². The van der Waals surface area contributed by atoms with Crippen LogP contribution in [-0.2, 0) is 0 Å². The highest BCUT2D eigenvalue weighted by atomic mass is 19.1. The molecule has 0 aliphatic carbocycles. The summed E-state index contributed by atoms with van der Waals surface area (Å²) in [5.41, 5.74) is 2.11. The van der Waals surface area contributed by atoms with Gasteiger partial charge in [0.25, 0.3) is 11.8 Å². The van der Waals surface area contributed by atoms with Crippen LogP contribution in [-0.4, -0.2) is 18.9 Å². The number of hydrogen-bond donors (Lipinski definition) is 2. The number of methoxy groups -OCH3 is 1. The molecule has 3 rings (SSSR count). The summed E-state index contributed by atoms with van der Waals surface area (Å²) in [6, 6.07) is 18.0. The van der Waals surface area contributed by atoms with Crippen LogP contribution in [0.1, 0.15) is 26.3 Å². The highest BCUT2D eigenvalue weighted by Crippen LogP contribution is 2.21. The Labute approximate surface area is 162 Å². The van der Waals surface area contributed by atoms with Gasteiger partial charge in [-0.05, 0) is 48.9 Å². The van der Waals surface area contributed by atoms with E-state index in [-0.39, 0.29) is 11.5 Å². The third-order valence-corrected chi connectivity index (χ3v) is 4.20. The van der Waals surface area contributed by atoms with Crippen molar-refractivity contribution in [3.05, 3.63) is 89.2 Å². The maximum Gasteiger partial charge on any atom is 0.258 e. The van der Waals surface area contributed by atoms with E-state index in [0.29, 0.717) is 22.7 Å². The minimum absolute atomic E-state index is 0.112. The first kappa shape index (κ1) is 19.1.